The molecule has 4 nitrogen and oxygen atoms in total. The van der Waals surface area contributed by atoms with Crippen molar-refractivity contribution in [2.45, 2.75) is 33.6 Å². The van der Waals surface area contributed by atoms with Gasteiger partial charge in [0.2, 0.25) is 0 Å². The monoisotopic (exact) mass is 289 g/mol. The lowest BCUT2D eigenvalue weighted by Crippen LogP contribution is -2.08. The first-order valence-corrected chi connectivity index (χ1v) is 7.30. The molecule has 1 aromatic rings. The first-order chi connectivity index (χ1) is 10.2. The molecule has 0 atom stereocenters. The summed E-state index contributed by atoms with van der Waals surface area (Å²) in [6, 6.07) is 5.81. The third-order valence-electron chi connectivity index (χ3n) is 2.70. The van der Waals surface area contributed by atoms with Crippen LogP contribution in [0.3, 0.4) is 0 Å². The van der Waals surface area contributed by atoms with Gasteiger partial charge in [-0.3, -0.25) is 4.79 Å². The molecule has 0 spiro atoms. The number of hydrogen-bond acceptors (Lipinski definition) is 4. The van der Waals surface area contributed by atoms with Gasteiger partial charge in [-0.15, -0.1) is 5.92 Å². The molecule has 1 aromatic carbocycles. The van der Waals surface area contributed by atoms with Crippen LogP contribution in [0.25, 0.3) is 0 Å². The highest BCUT2D eigenvalue weighted by Crippen LogP contribution is 2.25. The van der Waals surface area contributed by atoms with E-state index in [1.807, 2.05) is 32.0 Å². The minimum atomic E-state index is -0.179. The maximum atomic E-state index is 11.2. The summed E-state index contributed by atoms with van der Waals surface area (Å²) in [5.41, 5.74) is 1.88. The van der Waals surface area contributed by atoms with Gasteiger partial charge in [-0.05, 0) is 45.4 Å². The van der Waals surface area contributed by atoms with Crippen molar-refractivity contribution in [2.24, 2.45) is 0 Å². The molecule has 0 saturated heterocycles. The Hall–Kier alpha value is -2.15. The number of carbonyl (C=O) groups excluding carboxylic acids is 1. The van der Waals surface area contributed by atoms with Crippen LogP contribution in [-0.4, -0.2) is 25.7 Å². The zero-order valence-electron chi connectivity index (χ0n) is 13.0. The van der Waals surface area contributed by atoms with Crippen molar-refractivity contribution in [2.75, 3.05) is 25.1 Å². The predicted octanol–water partition coefficient (Wildman–Crippen LogP) is 3.21. The van der Waals surface area contributed by atoms with Crippen LogP contribution in [-0.2, 0) is 9.53 Å². The van der Waals surface area contributed by atoms with Gasteiger partial charge < -0.3 is 14.8 Å². The summed E-state index contributed by atoms with van der Waals surface area (Å²) in [5, 5.41) is 3.26. The molecular weight excluding hydrogens is 266 g/mol. The summed E-state index contributed by atoms with van der Waals surface area (Å²) in [5.74, 6) is 6.50. The summed E-state index contributed by atoms with van der Waals surface area (Å²) in [6.07, 6.45) is 1.02. The fourth-order valence-electron chi connectivity index (χ4n) is 1.84. The van der Waals surface area contributed by atoms with Gasteiger partial charge in [-0.1, -0.05) is 5.92 Å². The summed E-state index contributed by atoms with van der Waals surface area (Å²) in [4.78, 5) is 11.2. The standard InChI is InChI=1S/C17H23NO3/c1-4-8-14-10-11-16(15(13-14)18-5-2)21-12-7-9-17(19)20-6-3/h10-11,13,18H,5-7,9,12H2,1-3H3. The predicted molar refractivity (Wildman–Crippen MR) is 84.5 cm³/mol. The molecule has 1 N–H and O–H groups in total. The van der Waals surface area contributed by atoms with Gasteiger partial charge in [0.05, 0.1) is 18.9 Å². The molecule has 0 radical (unpaired) electrons. The zero-order valence-corrected chi connectivity index (χ0v) is 13.0. The van der Waals surface area contributed by atoms with Crippen molar-refractivity contribution >= 4 is 11.7 Å². The molecule has 0 saturated carbocycles. The van der Waals surface area contributed by atoms with Crippen molar-refractivity contribution in [3.05, 3.63) is 23.8 Å². The van der Waals surface area contributed by atoms with Crippen LogP contribution in [0, 0.1) is 11.8 Å². The molecule has 0 aromatic heterocycles. The van der Waals surface area contributed by atoms with Crippen molar-refractivity contribution < 1.29 is 14.3 Å². The molecule has 0 aliphatic carbocycles. The number of hydrogen-bond donors (Lipinski definition) is 1. The van der Waals surface area contributed by atoms with Gasteiger partial charge in [0, 0.05) is 18.5 Å². The molecule has 114 valence electrons. The number of carbonyl (C=O) groups is 1. The van der Waals surface area contributed by atoms with Crippen LogP contribution in [0.1, 0.15) is 39.2 Å². The summed E-state index contributed by atoms with van der Waals surface area (Å²) < 4.78 is 10.6. The van der Waals surface area contributed by atoms with E-state index in [2.05, 4.69) is 17.2 Å². The Morgan fingerprint density at radius 3 is 2.81 bits per heavy atom. The summed E-state index contributed by atoms with van der Waals surface area (Å²) in [7, 11) is 0. The van der Waals surface area contributed by atoms with Gasteiger partial charge in [-0.2, -0.15) is 0 Å². The minimum Gasteiger partial charge on any atom is -0.491 e. The lowest BCUT2D eigenvalue weighted by atomic mass is 10.2. The molecule has 0 bridgehead atoms. The number of nitrogens with one attached hydrogen (secondary N) is 1. The zero-order chi connectivity index (χ0) is 15.5. The largest absolute Gasteiger partial charge is 0.491 e. The first-order valence-electron chi connectivity index (χ1n) is 7.30. The maximum Gasteiger partial charge on any atom is 0.305 e. The molecule has 21 heavy (non-hydrogen) atoms. The smallest absolute Gasteiger partial charge is 0.305 e. The molecule has 0 aliphatic heterocycles. The highest BCUT2D eigenvalue weighted by molar-refractivity contribution is 5.69. The molecule has 1 rings (SSSR count). The Labute approximate surface area is 126 Å². The highest BCUT2D eigenvalue weighted by Gasteiger charge is 2.05. The number of rotatable bonds is 8. The fraction of sp³-hybridized carbons (Fsp3) is 0.471. The van der Waals surface area contributed by atoms with E-state index in [0.29, 0.717) is 26.1 Å². The second-order valence-electron chi connectivity index (χ2n) is 4.37. The third kappa shape index (κ3) is 6.22. The Morgan fingerprint density at radius 2 is 2.14 bits per heavy atom. The van der Waals surface area contributed by atoms with Crippen LogP contribution in [0.2, 0.25) is 0 Å². The molecule has 0 heterocycles. The topological polar surface area (TPSA) is 47.6 Å². The minimum absolute atomic E-state index is 0.179. The van der Waals surface area contributed by atoms with Crippen LogP contribution in [0.15, 0.2) is 18.2 Å². The Morgan fingerprint density at radius 1 is 1.33 bits per heavy atom. The second-order valence-corrected chi connectivity index (χ2v) is 4.37. The van der Waals surface area contributed by atoms with E-state index in [9.17, 15) is 4.79 Å². The van der Waals surface area contributed by atoms with Crippen LogP contribution in [0.5, 0.6) is 5.75 Å². The number of benzene rings is 1. The lowest BCUT2D eigenvalue weighted by Gasteiger charge is -2.12. The van der Waals surface area contributed by atoms with Gasteiger partial charge in [0.15, 0.2) is 0 Å². The fourth-order valence-corrected chi connectivity index (χ4v) is 1.84. The Kier molecular flexibility index (Phi) is 7.81. The third-order valence-corrected chi connectivity index (χ3v) is 2.70. The average molecular weight is 289 g/mol. The first kappa shape index (κ1) is 16.9. The number of esters is 1. The molecular formula is C17H23NO3. The lowest BCUT2D eigenvalue weighted by molar-refractivity contribution is -0.143. The SMILES string of the molecule is CC#Cc1ccc(OCCCC(=O)OCC)c(NCC)c1. The van der Waals surface area contributed by atoms with Crippen LogP contribution >= 0.6 is 0 Å². The molecule has 4 heteroatoms. The Balaban J connectivity index is 2.56. The molecule has 0 unspecified atom stereocenters. The van der Waals surface area contributed by atoms with Crippen molar-refractivity contribution in [3.8, 4) is 17.6 Å². The van der Waals surface area contributed by atoms with E-state index in [0.717, 1.165) is 23.5 Å². The quantitative estimate of drug-likeness (QED) is 0.453. The number of anilines is 1. The summed E-state index contributed by atoms with van der Waals surface area (Å²) in [6.45, 7) is 7.36. The number of ether oxygens (including phenoxy) is 2. The maximum absolute atomic E-state index is 11.2. The average Bonchev–Trinajstić information content (AvgIpc) is 2.46. The highest BCUT2D eigenvalue weighted by atomic mass is 16.5. The molecule has 0 fully saturated rings. The van der Waals surface area contributed by atoms with E-state index in [4.69, 9.17) is 9.47 Å². The van der Waals surface area contributed by atoms with E-state index in [-0.39, 0.29) is 5.97 Å². The van der Waals surface area contributed by atoms with Crippen LogP contribution < -0.4 is 10.1 Å². The van der Waals surface area contributed by atoms with E-state index in [1.165, 1.54) is 0 Å². The second kappa shape index (κ2) is 9.71. The van der Waals surface area contributed by atoms with E-state index in [1.54, 1.807) is 6.92 Å². The van der Waals surface area contributed by atoms with E-state index < -0.39 is 0 Å². The normalized spacial score (nSPS) is 9.48. The molecule has 0 aliphatic rings. The molecule has 0 amide bonds. The van der Waals surface area contributed by atoms with Crippen LogP contribution in [0.4, 0.5) is 5.69 Å². The van der Waals surface area contributed by atoms with E-state index >= 15 is 0 Å². The van der Waals surface area contributed by atoms with Gasteiger partial charge in [0.1, 0.15) is 5.75 Å². The summed E-state index contributed by atoms with van der Waals surface area (Å²) >= 11 is 0. The van der Waals surface area contributed by atoms with Crippen molar-refractivity contribution in [1.29, 1.82) is 0 Å². The van der Waals surface area contributed by atoms with Crippen molar-refractivity contribution in [1.82, 2.24) is 0 Å². The van der Waals surface area contributed by atoms with Gasteiger partial charge >= 0.3 is 5.97 Å². The van der Waals surface area contributed by atoms with Crippen molar-refractivity contribution in [3.63, 3.8) is 0 Å². The van der Waals surface area contributed by atoms with Gasteiger partial charge in [0.25, 0.3) is 0 Å². The Bertz CT molecular complexity index is 515. The van der Waals surface area contributed by atoms with Gasteiger partial charge in [-0.25, -0.2) is 0 Å².